The van der Waals surface area contributed by atoms with Crippen LogP contribution in [0.25, 0.3) is 0 Å². The number of piperidine rings is 1. The van der Waals surface area contributed by atoms with Crippen LogP contribution >= 0.6 is 0 Å². The van der Waals surface area contributed by atoms with Gasteiger partial charge in [0.1, 0.15) is 12.2 Å². The number of hydrogen-bond donors (Lipinski definition) is 1. The van der Waals surface area contributed by atoms with Gasteiger partial charge in [0.05, 0.1) is 15.3 Å². The first kappa shape index (κ1) is 7.37. The van der Waals surface area contributed by atoms with Crippen LogP contribution in [0.5, 0.6) is 11.5 Å². The molecular weight excluding hydrogens is 278 g/mol. The quantitative estimate of drug-likeness (QED) is 0.799. The van der Waals surface area contributed by atoms with E-state index in [1.54, 1.807) is 13.1 Å². The lowest BCUT2D eigenvalue weighted by Crippen LogP contribution is -2.64. The zero-order valence-electron chi connectivity index (χ0n) is 20.0. The van der Waals surface area contributed by atoms with Crippen molar-refractivity contribution in [3.05, 3.63) is 35.4 Å². The molecule has 0 amide bonds. The highest BCUT2D eigenvalue weighted by atomic mass is 16.5. The largest absolute Gasteiger partial charge is 0.493 e. The zero-order chi connectivity index (χ0) is 22.0. The SMILES string of the molecule is [2H]c1c([2H])c2c3c(c1OC([2H])([2H])[2H])OC1C([2H])(O)C=C[C@H]4[C@H](N(C)CC[C@]314)C2([2H])[2H]. The minimum atomic E-state index is -2.92. The van der Waals surface area contributed by atoms with Gasteiger partial charge in [0.2, 0.25) is 0 Å². The average molecular weight is 307 g/mol. The van der Waals surface area contributed by atoms with Crippen molar-refractivity contribution >= 4 is 0 Å². The van der Waals surface area contributed by atoms with Crippen LogP contribution < -0.4 is 9.47 Å². The summed E-state index contributed by atoms with van der Waals surface area (Å²) in [6.45, 7) is 0.467. The van der Waals surface area contributed by atoms with E-state index in [2.05, 4.69) is 0 Å². The molecule has 2 aliphatic carbocycles. The molecule has 2 aliphatic heterocycles. The van der Waals surface area contributed by atoms with Crippen molar-refractivity contribution in [3.8, 4) is 11.5 Å². The second-order valence-electron chi connectivity index (χ2n) is 6.43. The van der Waals surface area contributed by atoms with E-state index in [4.69, 9.17) is 20.4 Å². The fraction of sp³-hybridized carbons (Fsp3) is 0.556. The van der Waals surface area contributed by atoms with Crippen LogP contribution in [0, 0.1) is 5.92 Å². The lowest BCUT2D eigenvalue weighted by atomic mass is 9.53. The fourth-order valence-electron chi connectivity index (χ4n) is 4.62. The molecule has 2 bridgehead atoms. The molecule has 5 atom stereocenters. The smallest absolute Gasteiger partial charge is 0.165 e. The van der Waals surface area contributed by atoms with Gasteiger partial charge in [0.25, 0.3) is 0 Å². The van der Waals surface area contributed by atoms with Crippen molar-refractivity contribution in [2.45, 2.75) is 36.4 Å². The molecule has 0 aromatic heterocycles. The molecule has 5 rings (SSSR count). The van der Waals surface area contributed by atoms with Crippen LogP contribution in [-0.2, 0) is 11.8 Å². The molecule has 1 aromatic carbocycles. The van der Waals surface area contributed by atoms with E-state index in [1.165, 1.54) is 6.08 Å². The monoisotopic (exact) mass is 307 g/mol. The topological polar surface area (TPSA) is 41.9 Å². The van der Waals surface area contributed by atoms with E-state index < -0.39 is 60.8 Å². The summed E-state index contributed by atoms with van der Waals surface area (Å²) in [5.41, 5.74) is -0.793. The molecular formula is C18H21NO3. The third-order valence-corrected chi connectivity index (χ3v) is 5.58. The van der Waals surface area contributed by atoms with Gasteiger partial charge in [-0.25, -0.2) is 0 Å². The van der Waals surface area contributed by atoms with Crippen molar-refractivity contribution in [2.75, 3.05) is 20.6 Å². The molecule has 0 saturated carbocycles. The van der Waals surface area contributed by atoms with Gasteiger partial charge in [-0.2, -0.15) is 0 Å². The van der Waals surface area contributed by atoms with E-state index in [0.29, 0.717) is 13.0 Å². The lowest BCUT2D eigenvalue weighted by molar-refractivity contribution is -0.0453. The molecule has 1 spiro atoms. The maximum atomic E-state index is 10.8. The average Bonchev–Trinajstić information content (AvgIpc) is 2.94. The molecule has 2 heterocycles. The molecule has 116 valence electrons. The van der Waals surface area contributed by atoms with Crippen molar-refractivity contribution < 1.29 is 25.5 Å². The Balaban J connectivity index is 1.91. The molecule has 0 radical (unpaired) electrons. The van der Waals surface area contributed by atoms with Crippen LogP contribution in [-0.4, -0.2) is 48.9 Å². The van der Waals surface area contributed by atoms with E-state index in [9.17, 15) is 5.11 Å². The first-order chi connectivity index (χ1) is 13.7. The normalized spacial score (nSPS) is 52.5. The molecule has 1 aromatic rings. The standard InChI is InChI=1S/C18H21NO3/c1-19-8-7-18-11-4-5-13(20)17(18)22-16-14(21-2)6-3-10(15(16)18)9-12(11)19/h3-6,11-13,17,20H,7-9H2,1-2H3/t11-,12+,13?,17?,18-/m0/s1/i2D3,3D,6D,9D2,13D. The summed E-state index contributed by atoms with van der Waals surface area (Å²) in [6.07, 6.45) is -1.97. The van der Waals surface area contributed by atoms with Crippen LogP contribution in [0.1, 0.15) is 28.5 Å². The highest BCUT2D eigenvalue weighted by Gasteiger charge is 2.64. The molecule has 2 unspecified atom stereocenters. The third kappa shape index (κ3) is 1.28. The number of methoxy groups -OCH3 is 1. The Morgan fingerprint density at radius 3 is 3.36 bits per heavy atom. The maximum Gasteiger partial charge on any atom is 0.165 e. The second kappa shape index (κ2) is 4.06. The number of rotatable bonds is 1. The first-order valence-corrected chi connectivity index (χ1v) is 7.39. The molecule has 4 aliphatic rings. The Morgan fingerprint density at radius 2 is 2.50 bits per heavy atom. The number of hydrogen-bond acceptors (Lipinski definition) is 4. The minimum Gasteiger partial charge on any atom is -0.493 e. The number of ether oxygens (including phenoxy) is 2. The number of benzene rings is 1. The number of likely N-dealkylation sites (tertiary alicyclic amines) is 1. The van der Waals surface area contributed by atoms with Crippen molar-refractivity contribution in [1.29, 1.82) is 0 Å². The number of aliphatic hydroxyl groups is 1. The van der Waals surface area contributed by atoms with Crippen molar-refractivity contribution in [3.63, 3.8) is 0 Å². The summed E-state index contributed by atoms with van der Waals surface area (Å²) in [5, 5.41) is 10.8. The predicted molar refractivity (Wildman–Crippen MR) is 82.5 cm³/mol. The van der Waals surface area contributed by atoms with Crippen LogP contribution in [0.2, 0.25) is 0 Å². The predicted octanol–water partition coefficient (Wildman–Crippen LogP) is 1.50. The van der Waals surface area contributed by atoms with Crippen LogP contribution in [0.3, 0.4) is 0 Å². The summed E-state index contributed by atoms with van der Waals surface area (Å²) >= 11 is 0. The Hall–Kier alpha value is -1.52. The number of nitrogens with zero attached hydrogens (tertiary/aromatic N) is 1. The molecule has 1 fully saturated rings. The van der Waals surface area contributed by atoms with E-state index in [1.807, 2.05) is 4.90 Å². The van der Waals surface area contributed by atoms with Gasteiger partial charge in [-0.15, -0.1) is 0 Å². The molecule has 4 heteroatoms. The molecule has 4 nitrogen and oxygen atoms in total. The minimum absolute atomic E-state index is 0.0400. The van der Waals surface area contributed by atoms with Crippen LogP contribution in [0.15, 0.2) is 24.2 Å². The summed E-state index contributed by atoms with van der Waals surface area (Å²) in [4.78, 5) is 1.86. The summed E-state index contributed by atoms with van der Waals surface area (Å²) in [5.74, 6) is -1.07. The van der Waals surface area contributed by atoms with Gasteiger partial charge in [0, 0.05) is 25.7 Å². The van der Waals surface area contributed by atoms with E-state index >= 15 is 0 Å². The highest BCUT2D eigenvalue weighted by Crippen LogP contribution is 2.62. The Kier molecular flexibility index (Phi) is 1.36. The van der Waals surface area contributed by atoms with Gasteiger partial charge in [0.15, 0.2) is 11.5 Å². The van der Waals surface area contributed by atoms with E-state index in [0.717, 1.165) is 0 Å². The molecule has 1 saturated heterocycles. The lowest BCUT2D eigenvalue weighted by Gasteiger charge is -2.56. The summed E-state index contributed by atoms with van der Waals surface area (Å²) in [7, 11) is -1.13. The molecule has 1 N–H and O–H groups in total. The van der Waals surface area contributed by atoms with E-state index in [-0.39, 0.29) is 16.9 Å². The summed E-state index contributed by atoms with van der Waals surface area (Å²) < 4.78 is 76.6. The fourth-order valence-corrected chi connectivity index (χ4v) is 4.62. The first-order valence-electron chi connectivity index (χ1n) is 11.4. The van der Waals surface area contributed by atoms with Gasteiger partial charge >= 0.3 is 0 Å². The molecule has 22 heavy (non-hydrogen) atoms. The Morgan fingerprint density at radius 1 is 1.59 bits per heavy atom. The number of likely N-dealkylation sites (N-methyl/N-ethyl adjacent to an activating group) is 1. The highest BCUT2D eigenvalue weighted by molar-refractivity contribution is 5.62. The van der Waals surface area contributed by atoms with Crippen LogP contribution in [0.4, 0.5) is 0 Å². The second-order valence-corrected chi connectivity index (χ2v) is 6.43. The maximum absolute atomic E-state index is 10.8. The Bertz CT molecular complexity index is 991. The third-order valence-electron chi connectivity index (χ3n) is 5.58. The van der Waals surface area contributed by atoms with Gasteiger partial charge < -0.3 is 19.5 Å². The van der Waals surface area contributed by atoms with Gasteiger partial charge in [-0.3, -0.25) is 0 Å². The van der Waals surface area contributed by atoms with Crippen molar-refractivity contribution in [1.82, 2.24) is 4.90 Å². The van der Waals surface area contributed by atoms with Crippen molar-refractivity contribution in [2.24, 2.45) is 5.92 Å². The Labute approximate surface area is 141 Å². The van der Waals surface area contributed by atoms with Gasteiger partial charge in [-0.05, 0) is 38.0 Å². The van der Waals surface area contributed by atoms with Gasteiger partial charge in [-0.1, -0.05) is 18.2 Å². The summed E-state index contributed by atoms with van der Waals surface area (Å²) in [6, 6.07) is -1.73. The zero-order valence-corrected chi connectivity index (χ0v) is 12.0.